The molecule has 1 aromatic carbocycles. The Morgan fingerprint density at radius 1 is 1.54 bits per heavy atom. The van der Waals surface area contributed by atoms with Crippen LogP contribution in [0.25, 0.3) is 0 Å². The Morgan fingerprint density at radius 3 is 2.89 bits per heavy atom. The molecule has 1 aliphatic heterocycles. The first kappa shape index (κ1) is 21.4. The van der Waals surface area contributed by atoms with E-state index in [1.54, 1.807) is 6.07 Å². The smallest absolute Gasteiger partial charge is 0.414 e. The third-order valence-corrected chi connectivity index (χ3v) is 4.28. The van der Waals surface area contributed by atoms with E-state index >= 15 is 0 Å². The van der Waals surface area contributed by atoms with Crippen LogP contribution in [0.15, 0.2) is 18.2 Å². The lowest BCUT2D eigenvalue weighted by atomic mass is 10.2. The Labute approximate surface area is 167 Å². The number of hydrogen-bond acceptors (Lipinski definition) is 6. The maximum atomic E-state index is 14.6. The van der Waals surface area contributed by atoms with Crippen molar-refractivity contribution in [1.29, 1.82) is 5.41 Å². The molecule has 2 amide bonds. The number of rotatable bonds is 8. The highest BCUT2D eigenvalue weighted by atomic mass is 32.1. The Morgan fingerprint density at radius 2 is 2.29 bits per heavy atom. The van der Waals surface area contributed by atoms with Gasteiger partial charge in [-0.1, -0.05) is 0 Å². The van der Waals surface area contributed by atoms with E-state index in [1.807, 2.05) is 0 Å². The monoisotopic (exact) mass is 411 g/mol. The minimum absolute atomic E-state index is 0.186. The fourth-order valence-corrected chi connectivity index (χ4v) is 2.70. The lowest BCUT2D eigenvalue weighted by molar-refractivity contribution is -0.119. The van der Waals surface area contributed by atoms with E-state index < -0.39 is 18.0 Å². The Bertz CT molecular complexity index is 763. The number of anilines is 2. The van der Waals surface area contributed by atoms with Gasteiger partial charge in [-0.05, 0) is 30.4 Å². The van der Waals surface area contributed by atoms with Crippen LogP contribution in [0, 0.1) is 11.2 Å². The number of ether oxygens (including phenoxy) is 2. The molecule has 0 aliphatic carbocycles. The SMILES string of the molecule is COC(=S)NCCN(C=N)c1ccc(N2CC(CNC(C)=O)OC2=O)cc1F. The van der Waals surface area contributed by atoms with Gasteiger partial charge in [0.05, 0.1) is 37.9 Å². The quantitative estimate of drug-likeness (QED) is 0.335. The van der Waals surface area contributed by atoms with E-state index in [4.69, 9.17) is 27.1 Å². The van der Waals surface area contributed by atoms with Crippen molar-refractivity contribution in [1.82, 2.24) is 10.6 Å². The van der Waals surface area contributed by atoms with Crippen molar-refractivity contribution in [3.63, 3.8) is 0 Å². The van der Waals surface area contributed by atoms with Gasteiger partial charge in [0.2, 0.25) is 5.91 Å². The van der Waals surface area contributed by atoms with Crippen molar-refractivity contribution >= 4 is 47.1 Å². The summed E-state index contributed by atoms with van der Waals surface area (Å²) in [4.78, 5) is 25.7. The molecule has 1 unspecified atom stereocenters. The maximum absolute atomic E-state index is 14.6. The zero-order chi connectivity index (χ0) is 20.7. The van der Waals surface area contributed by atoms with Crippen LogP contribution in [0.3, 0.4) is 0 Å². The van der Waals surface area contributed by atoms with Crippen LogP contribution in [0.1, 0.15) is 6.92 Å². The topological polar surface area (TPSA) is 107 Å². The molecule has 1 heterocycles. The Hall–Kier alpha value is -2.95. The van der Waals surface area contributed by atoms with Crippen LogP contribution in [0.2, 0.25) is 0 Å². The summed E-state index contributed by atoms with van der Waals surface area (Å²) < 4.78 is 24.6. The van der Waals surface area contributed by atoms with E-state index in [1.165, 1.54) is 36.0 Å². The molecule has 11 heteroatoms. The summed E-state index contributed by atoms with van der Waals surface area (Å²) in [6.07, 6.45) is -0.111. The van der Waals surface area contributed by atoms with Gasteiger partial charge >= 0.3 is 6.09 Å². The molecule has 152 valence electrons. The number of methoxy groups -OCH3 is 1. The Balaban J connectivity index is 2.04. The lowest BCUT2D eigenvalue weighted by Crippen LogP contribution is -2.34. The number of hydrogen-bond donors (Lipinski definition) is 3. The molecule has 0 bridgehead atoms. The number of halogens is 1. The van der Waals surface area contributed by atoms with Gasteiger partial charge in [0, 0.05) is 20.0 Å². The van der Waals surface area contributed by atoms with E-state index in [0.717, 1.165) is 6.34 Å². The van der Waals surface area contributed by atoms with Crippen LogP contribution in [0.4, 0.5) is 20.6 Å². The number of nitrogens with one attached hydrogen (secondary N) is 3. The number of cyclic esters (lactones) is 1. The highest BCUT2D eigenvalue weighted by molar-refractivity contribution is 7.80. The van der Waals surface area contributed by atoms with Crippen LogP contribution in [0.5, 0.6) is 0 Å². The van der Waals surface area contributed by atoms with Crippen molar-refractivity contribution in [2.75, 3.05) is 43.1 Å². The van der Waals surface area contributed by atoms with Gasteiger partial charge in [-0.25, -0.2) is 9.18 Å². The molecule has 0 radical (unpaired) electrons. The first-order chi connectivity index (χ1) is 13.3. The number of thiocarbonyl (C=S) groups is 1. The molecule has 1 aliphatic rings. The van der Waals surface area contributed by atoms with E-state index in [-0.39, 0.29) is 36.4 Å². The minimum atomic E-state index is -0.608. The van der Waals surface area contributed by atoms with Crippen molar-refractivity contribution in [3.8, 4) is 0 Å². The molecular weight excluding hydrogens is 389 g/mol. The molecule has 3 N–H and O–H groups in total. The summed E-state index contributed by atoms with van der Waals surface area (Å²) in [5, 5.41) is 13.1. The molecule has 1 saturated heterocycles. The normalized spacial score (nSPS) is 15.6. The van der Waals surface area contributed by atoms with Gasteiger partial charge in [0.15, 0.2) is 0 Å². The Kier molecular flexibility index (Phi) is 7.50. The molecular formula is C17H22FN5O4S. The second-order valence-electron chi connectivity index (χ2n) is 5.93. The molecule has 28 heavy (non-hydrogen) atoms. The van der Waals surface area contributed by atoms with Gasteiger partial charge < -0.3 is 25.0 Å². The highest BCUT2D eigenvalue weighted by Gasteiger charge is 2.32. The minimum Gasteiger partial charge on any atom is -0.474 e. The van der Waals surface area contributed by atoms with E-state index in [9.17, 15) is 14.0 Å². The molecule has 0 aromatic heterocycles. The summed E-state index contributed by atoms with van der Waals surface area (Å²) in [6, 6.07) is 4.27. The predicted octanol–water partition coefficient (Wildman–Crippen LogP) is 1.22. The molecule has 1 atom stereocenters. The van der Waals surface area contributed by atoms with E-state index in [2.05, 4.69) is 10.6 Å². The molecule has 0 spiro atoms. The standard InChI is InChI=1S/C17H22FN5O4S/c1-11(24)21-8-13-9-23(17(25)27-13)12-3-4-15(14(18)7-12)22(10-19)6-5-20-16(28)26-2/h3-4,7,10,13,19H,5-6,8-9H2,1-2H3,(H,20,28)(H,21,24). The van der Waals surface area contributed by atoms with Crippen molar-refractivity contribution in [3.05, 3.63) is 24.0 Å². The van der Waals surface area contributed by atoms with Gasteiger partial charge in [0.1, 0.15) is 11.9 Å². The van der Waals surface area contributed by atoms with Crippen LogP contribution in [-0.4, -0.2) is 62.9 Å². The summed E-state index contributed by atoms with van der Waals surface area (Å²) in [7, 11) is 1.44. The number of nitrogens with zero attached hydrogens (tertiary/aromatic N) is 2. The van der Waals surface area contributed by atoms with Crippen LogP contribution >= 0.6 is 12.2 Å². The average Bonchev–Trinajstić information content (AvgIpc) is 3.04. The number of benzene rings is 1. The average molecular weight is 411 g/mol. The zero-order valence-corrected chi connectivity index (χ0v) is 16.3. The molecule has 2 rings (SSSR count). The van der Waals surface area contributed by atoms with Gasteiger partial charge in [-0.2, -0.15) is 0 Å². The number of carbonyl (C=O) groups is 2. The second kappa shape index (κ2) is 9.83. The van der Waals surface area contributed by atoms with Crippen molar-refractivity contribution < 1.29 is 23.5 Å². The largest absolute Gasteiger partial charge is 0.474 e. The summed E-state index contributed by atoms with van der Waals surface area (Å²) >= 11 is 4.86. The maximum Gasteiger partial charge on any atom is 0.414 e. The number of carbonyl (C=O) groups excluding carboxylic acids is 2. The van der Waals surface area contributed by atoms with E-state index in [0.29, 0.717) is 12.2 Å². The molecule has 1 aromatic rings. The van der Waals surface area contributed by atoms with Crippen molar-refractivity contribution in [2.45, 2.75) is 13.0 Å². The molecule has 9 nitrogen and oxygen atoms in total. The van der Waals surface area contributed by atoms with Crippen LogP contribution in [-0.2, 0) is 14.3 Å². The van der Waals surface area contributed by atoms with Gasteiger partial charge in [-0.3, -0.25) is 15.1 Å². The lowest BCUT2D eigenvalue weighted by Gasteiger charge is -2.21. The third-order valence-electron chi connectivity index (χ3n) is 3.97. The fourth-order valence-electron chi connectivity index (χ4n) is 2.60. The van der Waals surface area contributed by atoms with Gasteiger partial charge in [-0.15, -0.1) is 0 Å². The molecule has 1 fully saturated rings. The first-order valence-corrected chi connectivity index (χ1v) is 8.87. The summed E-state index contributed by atoms with van der Waals surface area (Å²) in [5.74, 6) is -0.814. The summed E-state index contributed by atoms with van der Waals surface area (Å²) in [6.45, 7) is 2.40. The summed E-state index contributed by atoms with van der Waals surface area (Å²) in [5.41, 5.74) is 0.520. The fraction of sp³-hybridized carbons (Fsp3) is 0.412. The molecule has 0 saturated carbocycles. The first-order valence-electron chi connectivity index (χ1n) is 8.47. The second-order valence-corrected chi connectivity index (χ2v) is 6.30. The van der Waals surface area contributed by atoms with Gasteiger partial charge in [0.25, 0.3) is 5.17 Å². The zero-order valence-electron chi connectivity index (χ0n) is 15.5. The third kappa shape index (κ3) is 5.52. The number of amides is 2. The highest BCUT2D eigenvalue weighted by Crippen LogP contribution is 2.27. The predicted molar refractivity (Wildman–Crippen MR) is 106 cm³/mol. The van der Waals surface area contributed by atoms with Crippen molar-refractivity contribution in [2.24, 2.45) is 0 Å². The van der Waals surface area contributed by atoms with Crippen LogP contribution < -0.4 is 20.4 Å².